The summed E-state index contributed by atoms with van der Waals surface area (Å²) in [7, 11) is 0. The molecule has 0 aliphatic rings. The Morgan fingerprint density at radius 1 is 1.27 bits per heavy atom. The lowest BCUT2D eigenvalue weighted by molar-refractivity contribution is 0.616. The molecule has 15 heavy (non-hydrogen) atoms. The lowest BCUT2D eigenvalue weighted by Gasteiger charge is -1.95. The quantitative estimate of drug-likeness (QED) is 0.616. The summed E-state index contributed by atoms with van der Waals surface area (Å²) in [6.07, 6.45) is 1.71. The van der Waals surface area contributed by atoms with Gasteiger partial charge in [-0.1, -0.05) is 0 Å². The smallest absolute Gasteiger partial charge is 0.133 e. The van der Waals surface area contributed by atoms with Crippen molar-refractivity contribution in [2.45, 2.75) is 6.92 Å². The number of fused-ring (bicyclic) bond motifs is 1. The first-order chi connectivity index (χ1) is 7.33. The van der Waals surface area contributed by atoms with E-state index in [4.69, 9.17) is 4.42 Å². The topological polar surface area (TPSA) is 26.0 Å². The van der Waals surface area contributed by atoms with Gasteiger partial charge in [-0.15, -0.1) is 11.3 Å². The molecule has 3 aromatic rings. The number of thiazole rings is 1. The maximum absolute atomic E-state index is 5.30. The molecule has 0 atom stereocenters. The minimum Gasteiger partial charge on any atom is -0.464 e. The van der Waals surface area contributed by atoms with Gasteiger partial charge in [-0.2, -0.15) is 0 Å². The molecule has 0 spiro atoms. The van der Waals surface area contributed by atoms with Crippen molar-refractivity contribution in [3.05, 3.63) is 40.9 Å². The predicted molar refractivity (Wildman–Crippen MR) is 62.1 cm³/mol. The van der Waals surface area contributed by atoms with E-state index in [1.54, 1.807) is 17.6 Å². The van der Waals surface area contributed by atoms with Crippen LogP contribution < -0.4 is 0 Å². The molecule has 3 heteroatoms. The standard InChI is InChI=1S/C12H9NOS/c1-8-13-11(7-15-8)9-2-3-12-10(6-9)4-5-14-12/h2-7H,1H3. The van der Waals surface area contributed by atoms with Crippen molar-refractivity contribution < 1.29 is 4.42 Å². The fourth-order valence-corrected chi connectivity index (χ4v) is 2.24. The molecule has 0 unspecified atom stereocenters. The van der Waals surface area contributed by atoms with Crippen LogP contribution in [-0.4, -0.2) is 4.98 Å². The summed E-state index contributed by atoms with van der Waals surface area (Å²) >= 11 is 1.67. The van der Waals surface area contributed by atoms with Crippen LogP contribution in [-0.2, 0) is 0 Å². The highest BCUT2D eigenvalue weighted by Gasteiger charge is 2.04. The van der Waals surface area contributed by atoms with Gasteiger partial charge in [0.25, 0.3) is 0 Å². The minimum absolute atomic E-state index is 0.922. The molecule has 0 saturated carbocycles. The van der Waals surface area contributed by atoms with Crippen LogP contribution >= 0.6 is 11.3 Å². The molecule has 74 valence electrons. The number of furan rings is 1. The van der Waals surface area contributed by atoms with Crippen LogP contribution in [0.5, 0.6) is 0 Å². The van der Waals surface area contributed by atoms with E-state index in [2.05, 4.69) is 16.4 Å². The van der Waals surface area contributed by atoms with Gasteiger partial charge in [-0.3, -0.25) is 0 Å². The van der Waals surface area contributed by atoms with Crippen LogP contribution in [0.1, 0.15) is 5.01 Å². The summed E-state index contributed by atoms with van der Waals surface area (Å²) in [5, 5.41) is 4.30. The number of aromatic nitrogens is 1. The molecule has 1 aromatic carbocycles. The Morgan fingerprint density at radius 3 is 3.00 bits per heavy atom. The van der Waals surface area contributed by atoms with Crippen LogP contribution in [0, 0.1) is 6.92 Å². The number of hydrogen-bond donors (Lipinski definition) is 0. The second-order valence-electron chi connectivity index (χ2n) is 3.42. The van der Waals surface area contributed by atoms with Crippen molar-refractivity contribution in [3.63, 3.8) is 0 Å². The molecule has 0 saturated heterocycles. The van der Waals surface area contributed by atoms with Crippen LogP contribution in [0.4, 0.5) is 0 Å². The molecule has 0 aliphatic carbocycles. The van der Waals surface area contributed by atoms with E-state index in [-0.39, 0.29) is 0 Å². The van der Waals surface area contributed by atoms with E-state index in [0.29, 0.717) is 0 Å². The van der Waals surface area contributed by atoms with Gasteiger partial charge in [0.2, 0.25) is 0 Å². The molecule has 2 nitrogen and oxygen atoms in total. The first kappa shape index (κ1) is 8.68. The molecule has 0 radical (unpaired) electrons. The molecule has 2 heterocycles. The zero-order chi connectivity index (χ0) is 10.3. The average molecular weight is 215 g/mol. The van der Waals surface area contributed by atoms with E-state index in [1.165, 1.54) is 0 Å². The summed E-state index contributed by atoms with van der Waals surface area (Å²) in [5.74, 6) is 0. The van der Waals surface area contributed by atoms with Gasteiger partial charge >= 0.3 is 0 Å². The van der Waals surface area contributed by atoms with Crippen LogP contribution in [0.3, 0.4) is 0 Å². The van der Waals surface area contributed by atoms with Gasteiger partial charge in [-0.25, -0.2) is 4.98 Å². The third-order valence-corrected chi connectivity index (χ3v) is 3.14. The summed E-state index contributed by atoms with van der Waals surface area (Å²) in [4.78, 5) is 4.46. The van der Waals surface area contributed by atoms with E-state index in [9.17, 15) is 0 Å². The average Bonchev–Trinajstić information content (AvgIpc) is 2.84. The van der Waals surface area contributed by atoms with Crippen molar-refractivity contribution >= 4 is 22.3 Å². The number of hydrogen-bond acceptors (Lipinski definition) is 3. The summed E-state index contributed by atoms with van der Waals surface area (Å²) in [5.41, 5.74) is 3.11. The molecule has 0 aliphatic heterocycles. The molecule has 0 N–H and O–H groups in total. The minimum atomic E-state index is 0.922. The molecule has 0 amide bonds. The molecular weight excluding hydrogens is 206 g/mol. The number of nitrogens with zero attached hydrogens (tertiary/aromatic N) is 1. The maximum atomic E-state index is 5.30. The van der Waals surface area contributed by atoms with E-state index < -0.39 is 0 Å². The largest absolute Gasteiger partial charge is 0.464 e. The van der Waals surface area contributed by atoms with E-state index >= 15 is 0 Å². The first-order valence-corrected chi connectivity index (χ1v) is 5.61. The van der Waals surface area contributed by atoms with Crippen molar-refractivity contribution in [3.8, 4) is 11.3 Å². The monoisotopic (exact) mass is 215 g/mol. The Morgan fingerprint density at radius 2 is 2.20 bits per heavy atom. The van der Waals surface area contributed by atoms with Gasteiger partial charge < -0.3 is 4.42 Å². The van der Waals surface area contributed by atoms with Gasteiger partial charge in [-0.05, 0) is 31.2 Å². The highest BCUT2D eigenvalue weighted by molar-refractivity contribution is 7.09. The van der Waals surface area contributed by atoms with Gasteiger partial charge in [0.05, 0.1) is 17.0 Å². The number of benzene rings is 1. The fourth-order valence-electron chi connectivity index (χ4n) is 1.62. The normalized spacial score (nSPS) is 11.0. The highest BCUT2D eigenvalue weighted by atomic mass is 32.1. The van der Waals surface area contributed by atoms with Crippen LogP contribution in [0.25, 0.3) is 22.2 Å². The fraction of sp³-hybridized carbons (Fsp3) is 0.0833. The summed E-state index contributed by atoms with van der Waals surface area (Å²) in [6, 6.07) is 8.10. The SMILES string of the molecule is Cc1nc(-c2ccc3occc3c2)cs1. The van der Waals surface area contributed by atoms with Crippen molar-refractivity contribution in [2.75, 3.05) is 0 Å². The van der Waals surface area contributed by atoms with Crippen molar-refractivity contribution in [2.24, 2.45) is 0 Å². The first-order valence-electron chi connectivity index (χ1n) is 4.73. The predicted octanol–water partition coefficient (Wildman–Crippen LogP) is 3.86. The second-order valence-corrected chi connectivity index (χ2v) is 4.49. The lowest BCUT2D eigenvalue weighted by atomic mass is 10.1. The summed E-state index contributed by atoms with van der Waals surface area (Å²) in [6.45, 7) is 2.02. The van der Waals surface area contributed by atoms with Crippen LogP contribution in [0.2, 0.25) is 0 Å². The third-order valence-electron chi connectivity index (χ3n) is 2.37. The Hall–Kier alpha value is -1.61. The number of aryl methyl sites for hydroxylation is 1. The lowest BCUT2D eigenvalue weighted by Crippen LogP contribution is -1.77. The Bertz CT molecular complexity index is 609. The maximum Gasteiger partial charge on any atom is 0.133 e. The summed E-state index contributed by atoms with van der Waals surface area (Å²) < 4.78 is 5.30. The highest BCUT2D eigenvalue weighted by Crippen LogP contribution is 2.25. The zero-order valence-corrected chi connectivity index (χ0v) is 9.04. The Balaban J connectivity index is 2.18. The van der Waals surface area contributed by atoms with E-state index in [0.717, 1.165) is 27.2 Å². The molecule has 0 fully saturated rings. The Labute approximate surface area is 91.2 Å². The van der Waals surface area contributed by atoms with Crippen molar-refractivity contribution in [1.29, 1.82) is 0 Å². The van der Waals surface area contributed by atoms with Gasteiger partial charge in [0, 0.05) is 16.3 Å². The van der Waals surface area contributed by atoms with Gasteiger partial charge in [0.15, 0.2) is 0 Å². The molecule has 2 aromatic heterocycles. The zero-order valence-electron chi connectivity index (χ0n) is 8.23. The van der Waals surface area contributed by atoms with Crippen LogP contribution in [0.15, 0.2) is 40.3 Å². The Kier molecular flexibility index (Phi) is 1.86. The molecule has 0 bridgehead atoms. The molecular formula is C12H9NOS. The molecule has 3 rings (SSSR count). The second kappa shape index (κ2) is 3.21. The third kappa shape index (κ3) is 1.45. The van der Waals surface area contributed by atoms with Crippen molar-refractivity contribution in [1.82, 2.24) is 4.98 Å². The number of rotatable bonds is 1. The van der Waals surface area contributed by atoms with Gasteiger partial charge in [0.1, 0.15) is 5.58 Å². The van der Waals surface area contributed by atoms with E-state index in [1.807, 2.05) is 25.1 Å².